The predicted octanol–water partition coefficient (Wildman–Crippen LogP) is 1.99. The van der Waals surface area contributed by atoms with E-state index in [9.17, 15) is 4.79 Å². The molecule has 1 rings (SSSR count). The van der Waals surface area contributed by atoms with E-state index in [1.807, 2.05) is 32.9 Å². The van der Waals surface area contributed by atoms with E-state index in [1.165, 1.54) is 0 Å². The summed E-state index contributed by atoms with van der Waals surface area (Å²) in [6.07, 6.45) is 1.71. The Morgan fingerprint density at radius 1 is 1.47 bits per heavy atom. The van der Waals surface area contributed by atoms with Gasteiger partial charge in [0, 0.05) is 17.9 Å². The summed E-state index contributed by atoms with van der Waals surface area (Å²) in [5.41, 5.74) is 1.77. The molecule has 1 unspecified atom stereocenters. The van der Waals surface area contributed by atoms with Crippen molar-refractivity contribution in [2.75, 3.05) is 6.61 Å². The number of hydrogen-bond acceptors (Lipinski definition) is 4. The highest BCUT2D eigenvalue weighted by Crippen LogP contribution is 2.15. The molecule has 0 aliphatic rings. The highest BCUT2D eigenvalue weighted by molar-refractivity contribution is 5.77. The van der Waals surface area contributed by atoms with E-state index >= 15 is 0 Å². The topological polar surface area (TPSA) is 51.2 Å². The fourth-order valence-electron chi connectivity index (χ4n) is 1.51. The van der Waals surface area contributed by atoms with Crippen LogP contribution in [0.3, 0.4) is 0 Å². The van der Waals surface area contributed by atoms with Crippen molar-refractivity contribution in [2.24, 2.45) is 0 Å². The Morgan fingerprint density at radius 2 is 2.18 bits per heavy atom. The number of rotatable bonds is 5. The molecule has 1 atom stereocenters. The number of carbonyl (C=O) groups excluding carboxylic acids is 1. The first-order valence-corrected chi connectivity index (χ1v) is 5.89. The maximum Gasteiger partial charge on any atom is 0.327 e. The van der Waals surface area contributed by atoms with Gasteiger partial charge in [-0.2, -0.15) is 0 Å². The minimum Gasteiger partial charge on any atom is -0.465 e. The molecule has 0 radical (unpaired) electrons. The molecule has 1 aromatic rings. The van der Waals surface area contributed by atoms with Crippen LogP contribution in [0.25, 0.3) is 0 Å². The van der Waals surface area contributed by atoms with Crippen LogP contribution < -0.4 is 5.32 Å². The Morgan fingerprint density at radius 3 is 2.65 bits per heavy atom. The second-order valence-electron chi connectivity index (χ2n) is 4.24. The number of nitrogens with one attached hydrogen (secondary N) is 1. The van der Waals surface area contributed by atoms with Gasteiger partial charge in [-0.1, -0.05) is 6.07 Å². The molecule has 0 saturated carbocycles. The number of aromatic nitrogens is 1. The lowest BCUT2D eigenvalue weighted by atomic mass is 10.1. The highest BCUT2D eigenvalue weighted by Gasteiger charge is 2.22. The van der Waals surface area contributed by atoms with Gasteiger partial charge in [-0.15, -0.1) is 0 Å². The van der Waals surface area contributed by atoms with Crippen molar-refractivity contribution < 1.29 is 9.53 Å². The first kappa shape index (κ1) is 13.6. The van der Waals surface area contributed by atoms with Crippen LogP contribution in [0.4, 0.5) is 0 Å². The minimum atomic E-state index is -0.442. The average Bonchev–Trinajstić information content (AvgIpc) is 2.27. The molecule has 0 aromatic carbocycles. The first-order chi connectivity index (χ1) is 8.04. The number of pyridine rings is 1. The number of esters is 1. The molecule has 17 heavy (non-hydrogen) atoms. The quantitative estimate of drug-likeness (QED) is 0.794. The van der Waals surface area contributed by atoms with Crippen molar-refractivity contribution in [3.63, 3.8) is 0 Å². The van der Waals surface area contributed by atoms with Crippen molar-refractivity contribution >= 4 is 5.97 Å². The maximum atomic E-state index is 11.9. The van der Waals surface area contributed by atoms with Crippen LogP contribution in [0.15, 0.2) is 18.3 Å². The third kappa shape index (κ3) is 4.15. The molecule has 0 aliphatic heterocycles. The Labute approximate surface area is 102 Å². The zero-order valence-corrected chi connectivity index (χ0v) is 10.9. The number of aryl methyl sites for hydroxylation is 1. The summed E-state index contributed by atoms with van der Waals surface area (Å²) >= 11 is 0. The number of ether oxygens (including phenoxy) is 1. The molecular formula is C13H20N2O2. The standard InChI is InChI=1S/C13H20N2O2/c1-5-17-13(16)12(15-9(2)3)11-7-6-10(4)14-8-11/h6-9,12,15H,5H2,1-4H3. The monoisotopic (exact) mass is 236 g/mol. The molecule has 4 heteroatoms. The molecule has 0 fully saturated rings. The predicted molar refractivity (Wildman–Crippen MR) is 66.6 cm³/mol. The van der Waals surface area contributed by atoms with E-state index in [1.54, 1.807) is 13.1 Å². The molecule has 4 nitrogen and oxygen atoms in total. The fourth-order valence-corrected chi connectivity index (χ4v) is 1.51. The zero-order valence-electron chi connectivity index (χ0n) is 10.9. The molecule has 1 heterocycles. The summed E-state index contributed by atoms with van der Waals surface area (Å²) in [5.74, 6) is -0.258. The van der Waals surface area contributed by atoms with E-state index < -0.39 is 6.04 Å². The minimum absolute atomic E-state index is 0.200. The van der Waals surface area contributed by atoms with Crippen molar-refractivity contribution in [1.82, 2.24) is 10.3 Å². The number of nitrogens with zero attached hydrogens (tertiary/aromatic N) is 1. The van der Waals surface area contributed by atoms with Crippen LogP contribution >= 0.6 is 0 Å². The second kappa shape index (κ2) is 6.35. The summed E-state index contributed by atoms with van der Waals surface area (Å²) < 4.78 is 5.06. The third-order valence-electron chi connectivity index (χ3n) is 2.29. The van der Waals surface area contributed by atoms with Gasteiger partial charge in [0.2, 0.25) is 0 Å². The largest absolute Gasteiger partial charge is 0.465 e. The molecule has 0 bridgehead atoms. The second-order valence-corrected chi connectivity index (χ2v) is 4.24. The van der Waals surface area contributed by atoms with Gasteiger partial charge in [0.15, 0.2) is 0 Å². The van der Waals surface area contributed by atoms with Gasteiger partial charge in [-0.3, -0.25) is 10.3 Å². The SMILES string of the molecule is CCOC(=O)C(NC(C)C)c1ccc(C)nc1. The van der Waals surface area contributed by atoms with Crippen LogP contribution in [-0.4, -0.2) is 23.6 Å². The lowest BCUT2D eigenvalue weighted by Gasteiger charge is -2.19. The summed E-state index contributed by atoms with van der Waals surface area (Å²) in [5, 5.41) is 3.19. The van der Waals surface area contributed by atoms with Crippen LogP contribution in [0.1, 0.15) is 38.1 Å². The van der Waals surface area contributed by atoms with Crippen molar-refractivity contribution in [1.29, 1.82) is 0 Å². The molecule has 0 aliphatic carbocycles. The zero-order chi connectivity index (χ0) is 12.8. The molecule has 0 spiro atoms. The Kier molecular flexibility index (Phi) is 5.10. The highest BCUT2D eigenvalue weighted by atomic mass is 16.5. The summed E-state index contributed by atoms with van der Waals surface area (Å²) in [4.78, 5) is 16.1. The maximum absolute atomic E-state index is 11.9. The van der Waals surface area contributed by atoms with Crippen LogP contribution in [-0.2, 0) is 9.53 Å². The van der Waals surface area contributed by atoms with E-state index in [2.05, 4.69) is 10.3 Å². The van der Waals surface area contributed by atoms with Gasteiger partial charge < -0.3 is 4.74 Å². The lowest BCUT2D eigenvalue weighted by molar-refractivity contribution is -0.146. The van der Waals surface area contributed by atoms with Gasteiger partial charge in [0.05, 0.1) is 6.61 Å². The summed E-state index contributed by atoms with van der Waals surface area (Å²) in [7, 11) is 0. The molecule has 0 amide bonds. The van der Waals surface area contributed by atoms with Crippen molar-refractivity contribution in [3.05, 3.63) is 29.6 Å². The molecule has 1 N–H and O–H groups in total. The van der Waals surface area contributed by atoms with E-state index in [0.717, 1.165) is 11.3 Å². The third-order valence-corrected chi connectivity index (χ3v) is 2.29. The Balaban J connectivity index is 2.89. The van der Waals surface area contributed by atoms with Gasteiger partial charge >= 0.3 is 5.97 Å². The van der Waals surface area contributed by atoms with Crippen molar-refractivity contribution in [2.45, 2.75) is 39.8 Å². The van der Waals surface area contributed by atoms with E-state index in [4.69, 9.17) is 4.74 Å². The number of hydrogen-bond donors (Lipinski definition) is 1. The number of carbonyl (C=O) groups is 1. The first-order valence-electron chi connectivity index (χ1n) is 5.89. The molecule has 0 saturated heterocycles. The molecular weight excluding hydrogens is 216 g/mol. The van der Waals surface area contributed by atoms with Gasteiger partial charge in [0.1, 0.15) is 6.04 Å². The molecule has 94 valence electrons. The lowest BCUT2D eigenvalue weighted by Crippen LogP contribution is -2.34. The van der Waals surface area contributed by atoms with Gasteiger partial charge in [0.25, 0.3) is 0 Å². The molecule has 1 aromatic heterocycles. The normalized spacial score (nSPS) is 12.5. The van der Waals surface area contributed by atoms with E-state index in [-0.39, 0.29) is 12.0 Å². The average molecular weight is 236 g/mol. The van der Waals surface area contributed by atoms with Gasteiger partial charge in [-0.25, -0.2) is 4.79 Å². The Hall–Kier alpha value is -1.42. The van der Waals surface area contributed by atoms with E-state index in [0.29, 0.717) is 6.61 Å². The van der Waals surface area contributed by atoms with Gasteiger partial charge in [-0.05, 0) is 39.3 Å². The van der Waals surface area contributed by atoms with Crippen LogP contribution in [0, 0.1) is 6.92 Å². The van der Waals surface area contributed by atoms with Crippen molar-refractivity contribution in [3.8, 4) is 0 Å². The van der Waals surface area contributed by atoms with Crippen LogP contribution in [0.5, 0.6) is 0 Å². The smallest absolute Gasteiger partial charge is 0.327 e. The fraction of sp³-hybridized carbons (Fsp3) is 0.538. The summed E-state index contributed by atoms with van der Waals surface area (Å²) in [6, 6.07) is 3.55. The Bertz CT molecular complexity index is 360. The summed E-state index contributed by atoms with van der Waals surface area (Å²) in [6.45, 7) is 8.09. The van der Waals surface area contributed by atoms with Crippen LogP contribution in [0.2, 0.25) is 0 Å².